The number of hydrogen-bond donors (Lipinski definition) is 1. The molecule has 1 aromatic carbocycles. The molecule has 0 saturated heterocycles. The lowest BCUT2D eigenvalue weighted by Gasteiger charge is -2.10. The summed E-state index contributed by atoms with van der Waals surface area (Å²) in [7, 11) is -3.42. The van der Waals surface area contributed by atoms with Crippen LogP contribution in [0.2, 0.25) is 5.02 Å². The van der Waals surface area contributed by atoms with Crippen molar-refractivity contribution < 1.29 is 8.42 Å². The molecule has 2 N–H and O–H groups in total. The lowest BCUT2D eigenvalue weighted by atomic mass is 10.1. The van der Waals surface area contributed by atoms with Crippen molar-refractivity contribution in [3.63, 3.8) is 0 Å². The predicted octanol–water partition coefficient (Wildman–Crippen LogP) is 2.39. The van der Waals surface area contributed by atoms with E-state index in [0.29, 0.717) is 16.3 Å². The van der Waals surface area contributed by atoms with Gasteiger partial charge in [-0.25, -0.2) is 8.42 Å². The smallest absolute Gasteiger partial charge is 0.177 e. The number of nitrogens with zero attached hydrogens (tertiary/aromatic N) is 1. The highest BCUT2D eigenvalue weighted by atomic mass is 35.5. The molecule has 0 saturated carbocycles. The van der Waals surface area contributed by atoms with Crippen LogP contribution in [0.3, 0.4) is 0 Å². The van der Waals surface area contributed by atoms with Gasteiger partial charge in [-0.1, -0.05) is 17.7 Å². The Labute approximate surface area is 110 Å². The molecule has 0 aliphatic carbocycles. The molecule has 0 aliphatic rings. The van der Waals surface area contributed by atoms with Crippen LogP contribution in [-0.4, -0.2) is 19.7 Å². The molecule has 94 valence electrons. The molecule has 0 bridgehead atoms. The van der Waals surface area contributed by atoms with Crippen LogP contribution in [0.1, 0.15) is 0 Å². The molecule has 4 nitrogen and oxygen atoms in total. The topological polar surface area (TPSA) is 73.0 Å². The van der Waals surface area contributed by atoms with Crippen LogP contribution in [0.5, 0.6) is 0 Å². The van der Waals surface area contributed by atoms with Crippen LogP contribution in [0.4, 0.5) is 5.69 Å². The summed E-state index contributed by atoms with van der Waals surface area (Å²) in [4.78, 5) is 4.16. The van der Waals surface area contributed by atoms with Crippen LogP contribution in [0, 0.1) is 0 Å². The van der Waals surface area contributed by atoms with Crippen LogP contribution >= 0.6 is 11.6 Å². The molecule has 1 heterocycles. The number of aromatic nitrogens is 1. The van der Waals surface area contributed by atoms with Gasteiger partial charge in [-0.2, -0.15) is 0 Å². The highest BCUT2D eigenvalue weighted by Crippen LogP contribution is 2.33. The molecule has 2 aromatic rings. The zero-order valence-electron chi connectivity index (χ0n) is 9.59. The summed E-state index contributed by atoms with van der Waals surface area (Å²) in [5, 5.41) is 0.310. The van der Waals surface area contributed by atoms with Crippen LogP contribution in [0.25, 0.3) is 11.3 Å². The van der Waals surface area contributed by atoms with Gasteiger partial charge >= 0.3 is 0 Å². The van der Waals surface area contributed by atoms with E-state index < -0.39 is 9.84 Å². The predicted molar refractivity (Wildman–Crippen MR) is 72.2 cm³/mol. The van der Waals surface area contributed by atoms with E-state index in [1.165, 1.54) is 6.07 Å². The third kappa shape index (κ3) is 2.47. The number of hydrogen-bond acceptors (Lipinski definition) is 4. The van der Waals surface area contributed by atoms with Crippen molar-refractivity contribution in [2.75, 3.05) is 12.0 Å². The van der Waals surface area contributed by atoms with E-state index in [2.05, 4.69) is 4.98 Å². The van der Waals surface area contributed by atoms with Gasteiger partial charge < -0.3 is 5.73 Å². The average Bonchev–Trinajstić information content (AvgIpc) is 2.31. The molecule has 0 aliphatic heterocycles. The fourth-order valence-electron chi connectivity index (χ4n) is 1.63. The van der Waals surface area contributed by atoms with Crippen molar-refractivity contribution in [1.82, 2.24) is 4.98 Å². The van der Waals surface area contributed by atoms with E-state index in [4.69, 9.17) is 17.3 Å². The fourth-order valence-corrected chi connectivity index (χ4v) is 2.77. The second-order valence-electron chi connectivity index (χ2n) is 3.85. The molecule has 0 unspecified atom stereocenters. The molecule has 0 spiro atoms. The first-order valence-corrected chi connectivity index (χ1v) is 7.37. The molecular formula is C12H11ClN2O2S. The molecular weight excluding hydrogens is 272 g/mol. The Hall–Kier alpha value is -1.59. The molecule has 0 radical (unpaired) electrons. The van der Waals surface area contributed by atoms with E-state index in [0.717, 1.165) is 6.26 Å². The Balaban J connectivity index is 2.75. The minimum Gasteiger partial charge on any atom is -0.397 e. The summed E-state index contributed by atoms with van der Waals surface area (Å²) in [5.41, 5.74) is 7.16. The van der Waals surface area contributed by atoms with Gasteiger partial charge in [0, 0.05) is 23.0 Å². The highest BCUT2D eigenvalue weighted by molar-refractivity contribution is 7.90. The summed E-state index contributed by atoms with van der Waals surface area (Å²) in [6, 6.07) is 8.26. The number of nitrogens with two attached hydrogens (primary N) is 1. The zero-order chi connectivity index (χ0) is 13.3. The number of halogens is 1. The Morgan fingerprint density at radius 3 is 2.56 bits per heavy atom. The number of benzene rings is 1. The average molecular weight is 283 g/mol. The van der Waals surface area contributed by atoms with Crippen LogP contribution < -0.4 is 5.73 Å². The summed E-state index contributed by atoms with van der Waals surface area (Å²) in [6.07, 6.45) is 2.70. The third-order valence-electron chi connectivity index (χ3n) is 2.45. The summed E-state index contributed by atoms with van der Waals surface area (Å²) in [5.74, 6) is 0. The monoisotopic (exact) mass is 282 g/mol. The maximum absolute atomic E-state index is 11.6. The molecule has 0 fully saturated rings. The number of sulfone groups is 1. The van der Waals surface area contributed by atoms with E-state index >= 15 is 0 Å². The lowest BCUT2D eigenvalue weighted by Crippen LogP contribution is -2.04. The van der Waals surface area contributed by atoms with E-state index in [9.17, 15) is 8.42 Å². The molecule has 6 heteroatoms. The van der Waals surface area contributed by atoms with Crippen molar-refractivity contribution in [2.45, 2.75) is 4.90 Å². The van der Waals surface area contributed by atoms with Crippen molar-refractivity contribution >= 4 is 27.1 Å². The summed E-state index contributed by atoms with van der Waals surface area (Å²) < 4.78 is 23.3. The van der Waals surface area contributed by atoms with E-state index in [-0.39, 0.29) is 10.6 Å². The van der Waals surface area contributed by atoms with Gasteiger partial charge in [0.2, 0.25) is 0 Å². The van der Waals surface area contributed by atoms with Crippen molar-refractivity contribution in [3.8, 4) is 11.3 Å². The SMILES string of the molecule is CS(=O)(=O)c1cc(Cl)cc(-c2ccccn2)c1N. The van der Waals surface area contributed by atoms with Crippen LogP contribution in [0.15, 0.2) is 41.4 Å². The minimum atomic E-state index is -3.42. The maximum Gasteiger partial charge on any atom is 0.177 e. The molecule has 0 amide bonds. The number of rotatable bonds is 2. The van der Waals surface area contributed by atoms with E-state index in [1.807, 2.05) is 0 Å². The summed E-state index contributed by atoms with van der Waals surface area (Å²) >= 11 is 5.93. The van der Waals surface area contributed by atoms with Gasteiger partial charge in [0.1, 0.15) is 0 Å². The molecule has 0 atom stereocenters. The van der Waals surface area contributed by atoms with E-state index in [1.54, 1.807) is 30.5 Å². The lowest BCUT2D eigenvalue weighted by molar-refractivity contribution is 0.602. The first-order chi connectivity index (χ1) is 8.39. The minimum absolute atomic E-state index is 0.0238. The molecule has 1 aromatic heterocycles. The molecule has 18 heavy (non-hydrogen) atoms. The Kier molecular flexibility index (Phi) is 3.28. The third-order valence-corrected chi connectivity index (χ3v) is 3.80. The largest absolute Gasteiger partial charge is 0.397 e. The Morgan fingerprint density at radius 2 is 2.00 bits per heavy atom. The first-order valence-electron chi connectivity index (χ1n) is 5.10. The number of nitrogen functional groups attached to an aromatic ring is 1. The number of anilines is 1. The van der Waals surface area contributed by atoms with Crippen molar-refractivity contribution in [2.24, 2.45) is 0 Å². The van der Waals surface area contributed by atoms with Gasteiger partial charge in [-0.3, -0.25) is 4.98 Å². The normalized spacial score (nSPS) is 11.4. The second-order valence-corrected chi connectivity index (χ2v) is 6.27. The fraction of sp³-hybridized carbons (Fsp3) is 0.0833. The van der Waals surface area contributed by atoms with Gasteiger partial charge in [-0.05, 0) is 24.3 Å². The molecule has 2 rings (SSSR count). The Morgan fingerprint density at radius 1 is 1.28 bits per heavy atom. The maximum atomic E-state index is 11.6. The standard InChI is InChI=1S/C12H11ClN2O2S/c1-18(16,17)11-7-8(13)6-9(12(11)14)10-4-2-3-5-15-10/h2-7H,14H2,1H3. The first kappa shape index (κ1) is 12.9. The van der Waals surface area contributed by atoms with Crippen LogP contribution in [-0.2, 0) is 9.84 Å². The quantitative estimate of drug-likeness (QED) is 0.859. The van der Waals surface area contributed by atoms with Gasteiger partial charge in [0.15, 0.2) is 9.84 Å². The van der Waals surface area contributed by atoms with Crippen molar-refractivity contribution in [3.05, 3.63) is 41.6 Å². The Bertz CT molecular complexity index is 685. The van der Waals surface area contributed by atoms with Crippen molar-refractivity contribution in [1.29, 1.82) is 0 Å². The highest BCUT2D eigenvalue weighted by Gasteiger charge is 2.17. The van der Waals surface area contributed by atoms with Gasteiger partial charge in [0.05, 0.1) is 16.3 Å². The second kappa shape index (κ2) is 4.59. The van der Waals surface area contributed by atoms with Gasteiger partial charge in [0.25, 0.3) is 0 Å². The summed E-state index contributed by atoms with van der Waals surface area (Å²) in [6.45, 7) is 0. The van der Waals surface area contributed by atoms with Gasteiger partial charge in [-0.15, -0.1) is 0 Å². The zero-order valence-corrected chi connectivity index (χ0v) is 11.2. The number of pyridine rings is 1.